The van der Waals surface area contributed by atoms with Crippen LogP contribution >= 0.6 is 11.6 Å². The maximum absolute atomic E-state index is 5.85. The van der Waals surface area contributed by atoms with E-state index in [0.717, 1.165) is 11.1 Å². The van der Waals surface area contributed by atoms with Gasteiger partial charge in [-0.3, -0.25) is 0 Å². The fraction of sp³-hybridized carbons (Fsp3) is 0.0625. The zero-order valence-electron chi connectivity index (χ0n) is 10.4. The van der Waals surface area contributed by atoms with Crippen molar-refractivity contribution in [2.75, 3.05) is 0 Å². The third kappa shape index (κ3) is 3.97. The van der Waals surface area contributed by atoms with Crippen LogP contribution in [0.1, 0.15) is 11.1 Å². The predicted octanol–water partition coefficient (Wildman–Crippen LogP) is 4.45. The van der Waals surface area contributed by atoms with E-state index in [9.17, 15) is 0 Å². The van der Waals surface area contributed by atoms with Gasteiger partial charge in [-0.1, -0.05) is 65.8 Å². The van der Waals surface area contributed by atoms with Gasteiger partial charge in [-0.2, -0.15) is 0 Å². The summed E-state index contributed by atoms with van der Waals surface area (Å²) in [4.78, 5) is 5.34. The van der Waals surface area contributed by atoms with Gasteiger partial charge in [-0.25, -0.2) is 0 Å². The number of hydrogen-bond acceptors (Lipinski definition) is 2. The first-order valence-corrected chi connectivity index (χ1v) is 6.29. The molecule has 3 heteroatoms. The minimum absolute atomic E-state index is 0.436. The number of benzene rings is 2. The highest BCUT2D eigenvalue weighted by atomic mass is 35.5. The summed E-state index contributed by atoms with van der Waals surface area (Å²) in [6.07, 6.45) is 1.66. The van der Waals surface area contributed by atoms with Crippen molar-refractivity contribution >= 4 is 17.3 Å². The van der Waals surface area contributed by atoms with E-state index >= 15 is 0 Å². The second-order valence-corrected chi connectivity index (χ2v) is 4.38. The molecule has 0 aromatic heterocycles. The third-order valence-corrected chi connectivity index (χ3v) is 2.82. The van der Waals surface area contributed by atoms with E-state index in [1.165, 1.54) is 0 Å². The maximum Gasteiger partial charge on any atom is 0.142 e. The quantitative estimate of drug-likeness (QED) is 0.582. The summed E-state index contributed by atoms with van der Waals surface area (Å²) in [5.41, 5.74) is 2.69. The molecule has 0 amide bonds. The minimum atomic E-state index is 0.436. The molecule has 0 unspecified atom stereocenters. The van der Waals surface area contributed by atoms with Crippen LogP contribution in [0, 0.1) is 0 Å². The second kappa shape index (κ2) is 6.76. The van der Waals surface area contributed by atoms with Gasteiger partial charge >= 0.3 is 0 Å². The van der Waals surface area contributed by atoms with Gasteiger partial charge in [0, 0.05) is 10.6 Å². The van der Waals surface area contributed by atoms with Crippen molar-refractivity contribution < 1.29 is 4.84 Å². The monoisotopic (exact) mass is 271 g/mol. The molecule has 2 aromatic rings. The molecular weight excluding hydrogens is 258 g/mol. The summed E-state index contributed by atoms with van der Waals surface area (Å²) in [7, 11) is 0. The molecule has 0 atom stereocenters. The predicted molar refractivity (Wildman–Crippen MR) is 79.4 cm³/mol. The van der Waals surface area contributed by atoms with Crippen molar-refractivity contribution in [3.05, 3.63) is 83.4 Å². The first kappa shape index (κ1) is 13.4. The Hall–Kier alpha value is -2.06. The molecule has 2 rings (SSSR count). The van der Waals surface area contributed by atoms with Gasteiger partial charge in [0.2, 0.25) is 0 Å². The number of nitrogens with zero attached hydrogens (tertiary/aromatic N) is 1. The Bertz CT molecular complexity index is 561. The van der Waals surface area contributed by atoms with E-state index in [-0.39, 0.29) is 0 Å². The van der Waals surface area contributed by atoms with Crippen molar-refractivity contribution in [1.82, 2.24) is 0 Å². The smallest absolute Gasteiger partial charge is 0.142 e. The lowest BCUT2D eigenvalue weighted by atomic mass is 10.1. The molecule has 0 saturated carbocycles. The molecule has 0 bridgehead atoms. The topological polar surface area (TPSA) is 21.6 Å². The van der Waals surface area contributed by atoms with Crippen molar-refractivity contribution in [2.24, 2.45) is 5.16 Å². The number of oxime groups is 1. The van der Waals surface area contributed by atoms with Crippen molar-refractivity contribution in [3.63, 3.8) is 0 Å². The maximum atomic E-state index is 5.85. The van der Waals surface area contributed by atoms with E-state index in [4.69, 9.17) is 16.4 Å². The molecule has 0 heterocycles. The normalized spacial score (nSPS) is 11.1. The van der Waals surface area contributed by atoms with Gasteiger partial charge in [-0.15, -0.1) is 0 Å². The molecule has 0 aliphatic heterocycles. The molecule has 0 radical (unpaired) electrons. The van der Waals surface area contributed by atoms with E-state index < -0.39 is 0 Å². The highest BCUT2D eigenvalue weighted by molar-refractivity contribution is 6.30. The number of hydrogen-bond donors (Lipinski definition) is 0. The highest BCUT2D eigenvalue weighted by Crippen LogP contribution is 2.11. The standard InChI is InChI=1S/C16H14ClNO/c1-2-16(14-8-10-15(17)11-9-14)18-19-12-13-6-4-3-5-7-13/h2-11H,1,12H2/b18-16+. The van der Waals surface area contributed by atoms with Gasteiger partial charge in [0.25, 0.3) is 0 Å². The third-order valence-electron chi connectivity index (χ3n) is 2.57. The lowest BCUT2D eigenvalue weighted by molar-refractivity contribution is 0.131. The first-order chi connectivity index (χ1) is 9.29. The van der Waals surface area contributed by atoms with Crippen LogP contribution in [0.2, 0.25) is 5.02 Å². The van der Waals surface area contributed by atoms with Crippen molar-refractivity contribution in [2.45, 2.75) is 6.61 Å². The average molecular weight is 272 g/mol. The van der Waals surface area contributed by atoms with Gasteiger partial charge in [-0.05, 0) is 23.8 Å². The Morgan fingerprint density at radius 1 is 1.11 bits per heavy atom. The SMILES string of the molecule is C=C/C(=N\OCc1ccccc1)c1ccc(Cl)cc1. The van der Waals surface area contributed by atoms with Gasteiger partial charge < -0.3 is 4.84 Å². The summed E-state index contributed by atoms with van der Waals surface area (Å²) in [6.45, 7) is 4.18. The number of rotatable bonds is 5. The zero-order chi connectivity index (χ0) is 13.5. The van der Waals surface area contributed by atoms with Crippen LogP contribution in [0.3, 0.4) is 0 Å². The molecule has 2 nitrogen and oxygen atoms in total. The van der Waals surface area contributed by atoms with E-state index in [0.29, 0.717) is 17.3 Å². The van der Waals surface area contributed by atoms with E-state index in [1.54, 1.807) is 6.08 Å². The molecule has 96 valence electrons. The molecule has 2 aromatic carbocycles. The number of halogens is 1. The molecule has 0 spiro atoms. The van der Waals surface area contributed by atoms with Crippen molar-refractivity contribution in [1.29, 1.82) is 0 Å². The van der Waals surface area contributed by atoms with Crippen LogP contribution in [-0.2, 0) is 11.4 Å². The summed E-state index contributed by atoms with van der Waals surface area (Å²) >= 11 is 5.85. The summed E-state index contributed by atoms with van der Waals surface area (Å²) < 4.78 is 0. The first-order valence-electron chi connectivity index (χ1n) is 5.92. The zero-order valence-corrected chi connectivity index (χ0v) is 11.2. The van der Waals surface area contributed by atoms with Crippen LogP contribution < -0.4 is 0 Å². The van der Waals surface area contributed by atoms with Crippen LogP contribution in [0.25, 0.3) is 0 Å². The molecule has 0 fully saturated rings. The molecular formula is C16H14ClNO. The van der Waals surface area contributed by atoms with Gasteiger partial charge in [0.15, 0.2) is 0 Å². The van der Waals surface area contributed by atoms with E-state index in [2.05, 4.69) is 11.7 Å². The summed E-state index contributed by atoms with van der Waals surface area (Å²) in [6, 6.07) is 17.3. The van der Waals surface area contributed by atoms with Crippen molar-refractivity contribution in [3.8, 4) is 0 Å². The van der Waals surface area contributed by atoms with Crippen LogP contribution in [0.4, 0.5) is 0 Å². The number of allylic oxidation sites excluding steroid dienone is 1. The Labute approximate surface area is 118 Å². The van der Waals surface area contributed by atoms with Crippen LogP contribution in [-0.4, -0.2) is 5.71 Å². The van der Waals surface area contributed by atoms with Gasteiger partial charge in [0.05, 0.1) is 0 Å². The van der Waals surface area contributed by atoms with E-state index in [1.807, 2.05) is 54.6 Å². The minimum Gasteiger partial charge on any atom is -0.390 e. The molecule has 0 saturated heterocycles. The second-order valence-electron chi connectivity index (χ2n) is 3.95. The Morgan fingerprint density at radius 2 is 1.79 bits per heavy atom. The van der Waals surface area contributed by atoms with Gasteiger partial charge in [0.1, 0.15) is 12.3 Å². The molecule has 19 heavy (non-hydrogen) atoms. The fourth-order valence-corrected chi connectivity index (χ4v) is 1.71. The largest absolute Gasteiger partial charge is 0.390 e. The Kier molecular flexibility index (Phi) is 4.76. The van der Waals surface area contributed by atoms with Crippen LogP contribution in [0.15, 0.2) is 72.4 Å². The molecule has 0 N–H and O–H groups in total. The summed E-state index contributed by atoms with van der Waals surface area (Å²) in [5.74, 6) is 0. The summed E-state index contributed by atoms with van der Waals surface area (Å²) in [5, 5.41) is 4.78. The molecule has 0 aliphatic rings. The lowest BCUT2D eigenvalue weighted by Crippen LogP contribution is -1.98. The Morgan fingerprint density at radius 3 is 2.42 bits per heavy atom. The highest BCUT2D eigenvalue weighted by Gasteiger charge is 2.00. The molecule has 0 aliphatic carbocycles. The van der Waals surface area contributed by atoms with Crippen LogP contribution in [0.5, 0.6) is 0 Å². The average Bonchev–Trinajstić information content (AvgIpc) is 2.46. The Balaban J connectivity index is 2.03. The fourth-order valence-electron chi connectivity index (χ4n) is 1.58. The lowest BCUT2D eigenvalue weighted by Gasteiger charge is -2.03.